The first kappa shape index (κ1) is 8.05. The van der Waals surface area contributed by atoms with E-state index in [4.69, 9.17) is 4.74 Å². The topological polar surface area (TPSA) is 9.23 Å². The van der Waals surface area contributed by atoms with Crippen LogP contribution in [0, 0.1) is 0 Å². The van der Waals surface area contributed by atoms with Crippen molar-refractivity contribution in [1.29, 1.82) is 0 Å². The Morgan fingerprint density at radius 1 is 1.55 bits per heavy atom. The largest absolute Gasteiger partial charge is 0.501 e. The first-order valence-corrected chi connectivity index (χ1v) is 3.51. The minimum Gasteiger partial charge on any atom is -0.501 e. The quantitative estimate of drug-likeness (QED) is 0.564. The van der Waals surface area contributed by atoms with E-state index >= 15 is 0 Å². The van der Waals surface area contributed by atoms with E-state index in [0.717, 1.165) is 11.3 Å². The normalized spacial score (nSPS) is 17.9. The molecule has 1 nitrogen and oxygen atoms in total. The van der Waals surface area contributed by atoms with E-state index in [1.165, 1.54) is 12.2 Å². The monoisotopic (exact) mass is 154 g/mol. The minimum absolute atomic E-state index is 0.213. The summed E-state index contributed by atoms with van der Waals surface area (Å²) in [4.78, 5) is 0. The molecule has 0 aliphatic heterocycles. The molecule has 0 atom stereocenters. The number of hydrogen-bond acceptors (Lipinski definition) is 1. The Bertz CT molecular complexity index is 236. The summed E-state index contributed by atoms with van der Waals surface area (Å²) in [6, 6.07) is 0. The predicted molar refractivity (Wildman–Crippen MR) is 42.7 cm³/mol. The van der Waals surface area contributed by atoms with Crippen molar-refractivity contribution in [3.05, 3.63) is 35.4 Å². The van der Waals surface area contributed by atoms with E-state index in [-0.39, 0.29) is 5.83 Å². The summed E-state index contributed by atoms with van der Waals surface area (Å²) >= 11 is 0. The molecule has 2 heteroatoms. The molecular weight excluding hydrogens is 143 g/mol. The summed E-state index contributed by atoms with van der Waals surface area (Å²) < 4.78 is 17.7. The van der Waals surface area contributed by atoms with Crippen LogP contribution < -0.4 is 0 Å². The zero-order chi connectivity index (χ0) is 8.27. The molecule has 0 fully saturated rings. The summed E-state index contributed by atoms with van der Waals surface area (Å²) in [7, 11) is 1.60. The van der Waals surface area contributed by atoms with Gasteiger partial charge in [0.1, 0.15) is 11.6 Å². The van der Waals surface area contributed by atoms with Gasteiger partial charge in [0, 0.05) is 6.42 Å². The summed E-state index contributed by atoms with van der Waals surface area (Å²) in [5, 5.41) is 0. The fourth-order valence-corrected chi connectivity index (χ4v) is 1.02. The zero-order valence-electron chi connectivity index (χ0n) is 6.73. The van der Waals surface area contributed by atoms with Crippen LogP contribution in [0.3, 0.4) is 0 Å². The molecule has 0 radical (unpaired) electrons. The molecule has 0 bridgehead atoms. The predicted octanol–water partition coefficient (Wildman–Crippen LogP) is 2.72. The number of ether oxygens (including phenoxy) is 1. The molecule has 0 aromatic heterocycles. The number of methoxy groups -OCH3 is 1. The third-order valence-corrected chi connectivity index (χ3v) is 1.62. The van der Waals surface area contributed by atoms with Gasteiger partial charge in [-0.3, -0.25) is 0 Å². The van der Waals surface area contributed by atoms with Crippen molar-refractivity contribution >= 4 is 0 Å². The van der Waals surface area contributed by atoms with Gasteiger partial charge in [0.25, 0.3) is 0 Å². The van der Waals surface area contributed by atoms with Crippen LogP contribution >= 0.6 is 0 Å². The Morgan fingerprint density at radius 3 is 2.91 bits per heavy atom. The lowest BCUT2D eigenvalue weighted by atomic mass is 10.2. The van der Waals surface area contributed by atoms with Gasteiger partial charge >= 0.3 is 0 Å². The molecule has 0 unspecified atom stereocenters. The average Bonchev–Trinajstić information content (AvgIpc) is 2.11. The van der Waals surface area contributed by atoms with Crippen molar-refractivity contribution < 1.29 is 9.13 Å². The maximum absolute atomic E-state index is 12.7. The first-order valence-electron chi connectivity index (χ1n) is 3.51. The van der Waals surface area contributed by atoms with Crippen LogP contribution in [0.25, 0.3) is 0 Å². The van der Waals surface area contributed by atoms with Gasteiger partial charge in [-0.05, 0) is 24.6 Å². The first-order chi connectivity index (χ1) is 5.24. The van der Waals surface area contributed by atoms with E-state index in [2.05, 4.69) is 0 Å². The Labute approximate surface area is 65.9 Å². The van der Waals surface area contributed by atoms with E-state index in [0.29, 0.717) is 6.42 Å². The summed E-state index contributed by atoms with van der Waals surface area (Å²) in [5.41, 5.74) is 0.856. The standard InChI is InChI=1S/C9H11FO/c1-7-6-8(10)4-3-5-9(7)11-2/h3-4,6H,5H2,1-2H3. The molecule has 0 saturated carbocycles. The number of allylic oxidation sites excluding steroid dienone is 5. The second-order valence-corrected chi connectivity index (χ2v) is 2.45. The van der Waals surface area contributed by atoms with Crippen LogP contribution in [-0.2, 0) is 4.74 Å². The minimum atomic E-state index is -0.213. The van der Waals surface area contributed by atoms with Crippen molar-refractivity contribution in [3.8, 4) is 0 Å². The fourth-order valence-electron chi connectivity index (χ4n) is 1.02. The molecule has 0 aromatic carbocycles. The van der Waals surface area contributed by atoms with Crippen LogP contribution in [0.5, 0.6) is 0 Å². The number of halogens is 1. The van der Waals surface area contributed by atoms with Gasteiger partial charge in [0.2, 0.25) is 0 Å². The Hall–Kier alpha value is -1.05. The highest BCUT2D eigenvalue weighted by molar-refractivity contribution is 5.31. The van der Waals surface area contributed by atoms with Crippen LogP contribution in [0.1, 0.15) is 13.3 Å². The third kappa shape index (κ3) is 1.93. The molecule has 0 N–H and O–H groups in total. The Kier molecular flexibility index (Phi) is 2.47. The smallest absolute Gasteiger partial charge is 0.123 e. The van der Waals surface area contributed by atoms with Gasteiger partial charge in [-0.1, -0.05) is 6.08 Å². The summed E-state index contributed by atoms with van der Waals surface area (Å²) in [6.07, 6.45) is 5.35. The molecule has 1 aliphatic carbocycles. The van der Waals surface area contributed by atoms with Gasteiger partial charge in [-0.15, -0.1) is 0 Å². The maximum atomic E-state index is 12.7. The average molecular weight is 154 g/mol. The molecule has 11 heavy (non-hydrogen) atoms. The Balaban J connectivity index is 2.93. The van der Waals surface area contributed by atoms with Crippen LogP contribution in [-0.4, -0.2) is 7.11 Å². The van der Waals surface area contributed by atoms with Crippen molar-refractivity contribution in [1.82, 2.24) is 0 Å². The summed E-state index contributed by atoms with van der Waals surface area (Å²) in [6.45, 7) is 1.84. The van der Waals surface area contributed by atoms with E-state index in [1.807, 2.05) is 6.92 Å². The lowest BCUT2D eigenvalue weighted by Gasteiger charge is -2.03. The fraction of sp³-hybridized carbons (Fsp3) is 0.333. The third-order valence-electron chi connectivity index (χ3n) is 1.62. The number of hydrogen-bond donors (Lipinski definition) is 0. The van der Waals surface area contributed by atoms with Crippen molar-refractivity contribution in [2.75, 3.05) is 7.11 Å². The van der Waals surface area contributed by atoms with Gasteiger partial charge in [-0.25, -0.2) is 4.39 Å². The highest BCUT2D eigenvalue weighted by atomic mass is 19.1. The molecule has 0 heterocycles. The van der Waals surface area contributed by atoms with E-state index in [1.54, 1.807) is 13.2 Å². The van der Waals surface area contributed by atoms with Gasteiger partial charge in [-0.2, -0.15) is 0 Å². The molecular formula is C9H11FO. The van der Waals surface area contributed by atoms with Crippen LogP contribution in [0.15, 0.2) is 35.4 Å². The van der Waals surface area contributed by atoms with Crippen molar-refractivity contribution in [2.24, 2.45) is 0 Å². The van der Waals surface area contributed by atoms with Crippen LogP contribution in [0.4, 0.5) is 4.39 Å². The molecule has 0 aromatic rings. The van der Waals surface area contributed by atoms with Crippen molar-refractivity contribution in [2.45, 2.75) is 13.3 Å². The van der Waals surface area contributed by atoms with Crippen molar-refractivity contribution in [3.63, 3.8) is 0 Å². The second-order valence-electron chi connectivity index (χ2n) is 2.45. The lowest BCUT2D eigenvalue weighted by molar-refractivity contribution is 0.281. The molecule has 0 saturated heterocycles. The zero-order valence-corrected chi connectivity index (χ0v) is 6.73. The SMILES string of the molecule is COC1=C(C)C=C(F)C=CC1. The maximum Gasteiger partial charge on any atom is 0.123 e. The summed E-state index contributed by atoms with van der Waals surface area (Å²) in [5.74, 6) is 0.614. The molecule has 60 valence electrons. The highest BCUT2D eigenvalue weighted by Crippen LogP contribution is 2.18. The van der Waals surface area contributed by atoms with E-state index in [9.17, 15) is 4.39 Å². The van der Waals surface area contributed by atoms with Gasteiger partial charge < -0.3 is 4.74 Å². The second kappa shape index (κ2) is 3.37. The highest BCUT2D eigenvalue weighted by Gasteiger charge is 2.03. The molecule has 1 aliphatic rings. The van der Waals surface area contributed by atoms with Crippen LogP contribution in [0.2, 0.25) is 0 Å². The molecule has 0 spiro atoms. The molecule has 0 amide bonds. The number of rotatable bonds is 1. The lowest BCUT2D eigenvalue weighted by Crippen LogP contribution is -1.87. The molecule has 1 rings (SSSR count). The Morgan fingerprint density at radius 2 is 2.27 bits per heavy atom. The van der Waals surface area contributed by atoms with Gasteiger partial charge in [0.05, 0.1) is 7.11 Å². The van der Waals surface area contributed by atoms with Gasteiger partial charge in [0.15, 0.2) is 0 Å². The van der Waals surface area contributed by atoms with E-state index < -0.39 is 0 Å².